The Hall–Kier alpha value is -6.16. The highest BCUT2D eigenvalue weighted by molar-refractivity contribution is 7.20. The van der Waals surface area contributed by atoms with Crippen molar-refractivity contribution >= 4 is 32.2 Å². The Balaban J connectivity index is 1.17. The van der Waals surface area contributed by atoms with E-state index in [1.165, 1.54) is 64.7 Å². The van der Waals surface area contributed by atoms with Crippen LogP contribution in [0.3, 0.4) is 0 Å². The Bertz CT molecular complexity index is 2830. The van der Waals surface area contributed by atoms with Crippen molar-refractivity contribution in [2.24, 2.45) is 0 Å². The fourth-order valence-electron chi connectivity index (χ4n) is 8.60. The number of thiophene rings is 1. The molecule has 0 N–H and O–H groups in total. The summed E-state index contributed by atoms with van der Waals surface area (Å²) >= 11 is 1.95. The summed E-state index contributed by atoms with van der Waals surface area (Å²) in [5.41, 5.74) is 14.0. The fraction of sp³-hybridized carbons (Fsp3) is 0.0213. The van der Waals surface area contributed by atoms with Crippen LogP contribution >= 0.6 is 11.3 Å². The van der Waals surface area contributed by atoms with Crippen LogP contribution in [0.15, 0.2) is 170 Å². The lowest BCUT2D eigenvalue weighted by Gasteiger charge is -2.29. The summed E-state index contributed by atoms with van der Waals surface area (Å²) in [5, 5.41) is 3.72. The van der Waals surface area contributed by atoms with Crippen molar-refractivity contribution in [3.05, 3.63) is 191 Å². The molecule has 7 aromatic carbocycles. The van der Waals surface area contributed by atoms with E-state index in [9.17, 15) is 0 Å². The molecule has 0 saturated heterocycles. The fourth-order valence-corrected chi connectivity index (χ4v) is 10.1. The topological polar surface area (TPSA) is 25.8 Å². The molecule has 0 bridgehead atoms. The number of hydrogen-bond donors (Lipinski definition) is 0. The van der Waals surface area contributed by atoms with Gasteiger partial charge in [0.05, 0.1) is 16.8 Å². The summed E-state index contributed by atoms with van der Waals surface area (Å²) in [4.78, 5) is 11.8. The molecule has 9 aromatic rings. The number of nitrogens with zero attached hydrogens (tertiary/aromatic N) is 2. The highest BCUT2D eigenvalue weighted by atomic mass is 32.1. The van der Waals surface area contributed by atoms with Gasteiger partial charge in [0, 0.05) is 37.2 Å². The number of hydrogen-bond acceptors (Lipinski definition) is 3. The van der Waals surface area contributed by atoms with Crippen molar-refractivity contribution in [2.75, 3.05) is 0 Å². The van der Waals surface area contributed by atoms with E-state index in [1.807, 2.05) is 17.4 Å². The first kappa shape index (κ1) is 27.8. The minimum absolute atomic E-state index is 0.366. The average Bonchev–Trinajstić information content (AvgIpc) is 3.81. The molecule has 232 valence electrons. The van der Waals surface area contributed by atoms with Crippen molar-refractivity contribution in [2.45, 2.75) is 5.41 Å². The smallest absolute Gasteiger partial charge is 0.160 e. The molecule has 0 radical (unpaired) electrons. The van der Waals surface area contributed by atoms with Crippen molar-refractivity contribution in [1.82, 2.24) is 9.97 Å². The second kappa shape index (κ2) is 10.4. The number of rotatable bonds is 3. The van der Waals surface area contributed by atoms with Gasteiger partial charge in [-0.25, -0.2) is 9.97 Å². The largest absolute Gasteiger partial charge is 0.228 e. The van der Waals surface area contributed by atoms with Gasteiger partial charge >= 0.3 is 0 Å². The first-order chi connectivity index (χ1) is 24.8. The first-order valence-electron chi connectivity index (χ1n) is 17.1. The first-order valence-corrected chi connectivity index (χ1v) is 17.9. The highest BCUT2D eigenvalue weighted by Crippen LogP contribution is 2.66. The lowest BCUT2D eigenvalue weighted by molar-refractivity contribution is 0.812. The highest BCUT2D eigenvalue weighted by Gasteiger charge is 2.53. The van der Waals surface area contributed by atoms with Gasteiger partial charge in [0.15, 0.2) is 5.82 Å². The molecule has 2 heterocycles. The van der Waals surface area contributed by atoms with Crippen LogP contribution in [-0.2, 0) is 5.41 Å². The number of fused-ring (bicyclic) bond motifs is 13. The molecule has 0 amide bonds. The van der Waals surface area contributed by atoms with E-state index in [2.05, 4.69) is 164 Å². The summed E-state index contributed by atoms with van der Waals surface area (Å²) in [6.07, 6.45) is 0. The van der Waals surface area contributed by atoms with E-state index >= 15 is 0 Å². The molecular weight excluding hydrogens is 625 g/mol. The predicted octanol–water partition coefficient (Wildman–Crippen LogP) is 12.2. The zero-order valence-corrected chi connectivity index (χ0v) is 27.8. The lowest BCUT2D eigenvalue weighted by Crippen LogP contribution is -2.24. The molecule has 0 saturated carbocycles. The quantitative estimate of drug-likeness (QED) is 0.190. The van der Waals surface area contributed by atoms with Crippen LogP contribution in [0.1, 0.15) is 21.6 Å². The number of benzene rings is 7. The Morgan fingerprint density at radius 2 is 1.06 bits per heavy atom. The van der Waals surface area contributed by atoms with E-state index in [0.717, 1.165) is 33.9 Å². The van der Waals surface area contributed by atoms with Gasteiger partial charge in [-0.3, -0.25) is 0 Å². The van der Waals surface area contributed by atoms with Crippen LogP contribution < -0.4 is 0 Å². The summed E-state index contributed by atoms with van der Waals surface area (Å²) < 4.78 is 1.34. The minimum atomic E-state index is -0.366. The zero-order chi connectivity index (χ0) is 32.8. The Morgan fingerprint density at radius 3 is 1.94 bits per heavy atom. The van der Waals surface area contributed by atoms with Gasteiger partial charge in [0.1, 0.15) is 0 Å². The van der Waals surface area contributed by atoms with Crippen molar-refractivity contribution in [1.29, 1.82) is 0 Å². The van der Waals surface area contributed by atoms with Crippen LogP contribution in [0.2, 0.25) is 0 Å². The summed E-state index contributed by atoms with van der Waals surface area (Å²) in [6, 6.07) is 61.5. The molecule has 1 atom stereocenters. The van der Waals surface area contributed by atoms with Gasteiger partial charge in [0.2, 0.25) is 0 Å². The van der Waals surface area contributed by atoms with Gasteiger partial charge < -0.3 is 0 Å². The Kier molecular flexibility index (Phi) is 5.78. The van der Waals surface area contributed by atoms with Crippen LogP contribution in [0.5, 0.6) is 0 Å². The van der Waals surface area contributed by atoms with Crippen LogP contribution in [-0.4, -0.2) is 9.97 Å². The SMILES string of the molecule is c1ccc(-c2nc(-c3ccc4c(c3)-c3ccccc3C43c4ccccc4-c4c3sc3ccccc43)cc(-c3cccc4ccccc34)n2)cc1. The molecule has 0 aliphatic heterocycles. The molecule has 2 aliphatic rings. The molecule has 1 unspecified atom stereocenters. The van der Waals surface area contributed by atoms with E-state index in [0.29, 0.717) is 0 Å². The van der Waals surface area contributed by atoms with Crippen molar-refractivity contribution < 1.29 is 0 Å². The molecule has 2 aromatic heterocycles. The summed E-state index contributed by atoms with van der Waals surface area (Å²) in [7, 11) is 0. The maximum absolute atomic E-state index is 5.24. The third kappa shape index (κ3) is 3.73. The average molecular weight is 653 g/mol. The molecule has 50 heavy (non-hydrogen) atoms. The second-order valence-corrected chi connectivity index (χ2v) is 14.3. The molecular formula is C47H28N2S. The maximum Gasteiger partial charge on any atom is 0.160 e. The van der Waals surface area contributed by atoms with Gasteiger partial charge in [-0.05, 0) is 62.4 Å². The molecule has 0 fully saturated rings. The van der Waals surface area contributed by atoms with Gasteiger partial charge in [-0.15, -0.1) is 11.3 Å². The second-order valence-electron chi connectivity index (χ2n) is 13.3. The van der Waals surface area contributed by atoms with E-state index < -0.39 is 0 Å². The van der Waals surface area contributed by atoms with Gasteiger partial charge in [-0.2, -0.15) is 0 Å². The summed E-state index contributed by atoms with van der Waals surface area (Å²) in [5.74, 6) is 0.725. The van der Waals surface area contributed by atoms with Crippen molar-refractivity contribution in [3.8, 4) is 56.2 Å². The summed E-state index contributed by atoms with van der Waals surface area (Å²) in [6.45, 7) is 0. The van der Waals surface area contributed by atoms with Crippen molar-refractivity contribution in [3.63, 3.8) is 0 Å². The normalized spacial score (nSPS) is 15.3. The molecule has 1 spiro atoms. The minimum Gasteiger partial charge on any atom is -0.228 e. The maximum atomic E-state index is 5.24. The lowest BCUT2D eigenvalue weighted by atomic mass is 9.74. The standard InChI is InChI=1S/C47H28N2S/c1-2-14-30(15-3-1)46-48-41(28-42(49-46)34-21-12-16-29-13-4-5-17-32(29)34)31-25-26-40-37(27-31)33-18-6-9-22-38(33)47(40)39-23-10-7-19-35(39)44-36-20-8-11-24-43(36)50-45(44)47/h1-28H. The molecule has 3 heteroatoms. The van der Waals surface area contributed by atoms with Gasteiger partial charge in [0.25, 0.3) is 0 Å². The van der Waals surface area contributed by atoms with Crippen LogP contribution in [0.4, 0.5) is 0 Å². The van der Waals surface area contributed by atoms with Gasteiger partial charge in [-0.1, -0.05) is 152 Å². The predicted molar refractivity (Wildman–Crippen MR) is 208 cm³/mol. The van der Waals surface area contributed by atoms with Crippen LogP contribution in [0.25, 0.3) is 77.0 Å². The third-order valence-electron chi connectivity index (χ3n) is 10.7. The zero-order valence-electron chi connectivity index (χ0n) is 27.0. The van der Waals surface area contributed by atoms with Crippen LogP contribution in [0, 0.1) is 0 Å². The molecule has 2 aliphatic carbocycles. The molecule has 11 rings (SSSR count). The van der Waals surface area contributed by atoms with E-state index in [1.54, 1.807) is 0 Å². The van der Waals surface area contributed by atoms with E-state index in [4.69, 9.17) is 9.97 Å². The Morgan fingerprint density at radius 1 is 0.420 bits per heavy atom. The Labute approximate surface area is 294 Å². The van der Waals surface area contributed by atoms with E-state index in [-0.39, 0.29) is 5.41 Å². The number of aromatic nitrogens is 2. The monoisotopic (exact) mass is 652 g/mol. The molecule has 2 nitrogen and oxygen atoms in total. The third-order valence-corrected chi connectivity index (χ3v) is 12.0.